The van der Waals surface area contributed by atoms with Gasteiger partial charge in [-0.3, -0.25) is 14.5 Å². The van der Waals surface area contributed by atoms with Crippen LogP contribution in [0.15, 0.2) is 42.5 Å². The lowest BCUT2D eigenvalue weighted by atomic mass is 9.93. The zero-order valence-electron chi connectivity index (χ0n) is 10.7. The molecule has 0 unspecified atom stereocenters. The highest BCUT2D eigenvalue weighted by atomic mass is 16.2. The van der Waals surface area contributed by atoms with Crippen molar-refractivity contribution in [3.8, 4) is 0 Å². The molecule has 18 heavy (non-hydrogen) atoms. The molecule has 0 fully saturated rings. The molecule has 1 aromatic carbocycles. The van der Waals surface area contributed by atoms with Crippen LogP contribution in [0.1, 0.15) is 25.8 Å². The maximum absolute atomic E-state index is 11.7. The molecule has 0 saturated carbocycles. The smallest absolute Gasteiger partial charge is 0.254 e. The summed E-state index contributed by atoms with van der Waals surface area (Å²) in [6, 6.07) is 10.1. The Hall–Kier alpha value is -1.90. The van der Waals surface area contributed by atoms with Gasteiger partial charge in [-0.05, 0) is 32.3 Å². The molecule has 0 aromatic heterocycles. The highest BCUT2D eigenvalue weighted by molar-refractivity contribution is 6.13. The van der Waals surface area contributed by atoms with E-state index in [0.717, 1.165) is 12.8 Å². The molecule has 0 saturated heterocycles. The molecule has 1 aliphatic heterocycles. The molecule has 2 rings (SSSR count). The maximum Gasteiger partial charge on any atom is 0.254 e. The predicted octanol–water partition coefficient (Wildman–Crippen LogP) is 2.32. The predicted molar refractivity (Wildman–Crippen MR) is 69.8 cm³/mol. The lowest BCUT2D eigenvalue weighted by molar-refractivity contribution is -0.142. The van der Waals surface area contributed by atoms with E-state index in [1.54, 1.807) is 0 Å². The molecule has 1 heterocycles. The first-order valence-corrected chi connectivity index (χ1v) is 6.11. The topological polar surface area (TPSA) is 37.4 Å². The van der Waals surface area contributed by atoms with Gasteiger partial charge in [-0.2, -0.15) is 0 Å². The summed E-state index contributed by atoms with van der Waals surface area (Å²) in [5, 5.41) is 0. The number of hydrogen-bond acceptors (Lipinski definition) is 2. The molecule has 0 aliphatic carbocycles. The number of rotatable bonds is 4. The number of amides is 2. The number of hydrogen-bond donors (Lipinski definition) is 0. The standard InChI is InChI=1S/C15H17NO2/c1-15(2,16-13(17)8-9-14(16)18)11-10-12-6-4-3-5-7-12/h3-9H,10-11H2,1-2H3. The fourth-order valence-corrected chi connectivity index (χ4v) is 2.20. The van der Waals surface area contributed by atoms with Crippen LogP contribution in [0.3, 0.4) is 0 Å². The van der Waals surface area contributed by atoms with Gasteiger partial charge >= 0.3 is 0 Å². The van der Waals surface area contributed by atoms with Crippen molar-refractivity contribution in [3.63, 3.8) is 0 Å². The van der Waals surface area contributed by atoms with Crippen molar-refractivity contribution >= 4 is 11.8 Å². The lowest BCUT2D eigenvalue weighted by Crippen LogP contribution is -2.47. The summed E-state index contributed by atoms with van der Waals surface area (Å²) in [6.45, 7) is 3.86. The number of aryl methyl sites for hydroxylation is 1. The normalized spacial score (nSPS) is 15.6. The van der Waals surface area contributed by atoms with Crippen LogP contribution in [0, 0.1) is 0 Å². The van der Waals surface area contributed by atoms with Gasteiger partial charge in [0.15, 0.2) is 0 Å². The SMILES string of the molecule is CC(C)(CCc1ccccc1)N1C(=O)C=CC1=O. The molecule has 0 radical (unpaired) electrons. The van der Waals surface area contributed by atoms with Gasteiger partial charge in [0, 0.05) is 17.7 Å². The second kappa shape index (κ2) is 4.77. The summed E-state index contributed by atoms with van der Waals surface area (Å²) in [6.07, 6.45) is 4.29. The van der Waals surface area contributed by atoms with Gasteiger partial charge in [0.1, 0.15) is 0 Å². The van der Waals surface area contributed by atoms with Gasteiger partial charge in [0.2, 0.25) is 0 Å². The first-order chi connectivity index (χ1) is 8.50. The van der Waals surface area contributed by atoms with Crippen molar-refractivity contribution < 1.29 is 9.59 Å². The Balaban J connectivity index is 2.04. The average Bonchev–Trinajstić information content (AvgIpc) is 2.69. The average molecular weight is 243 g/mol. The maximum atomic E-state index is 11.7. The minimum absolute atomic E-state index is 0.210. The van der Waals surface area contributed by atoms with Gasteiger partial charge in [-0.25, -0.2) is 0 Å². The summed E-state index contributed by atoms with van der Waals surface area (Å²) < 4.78 is 0. The van der Waals surface area contributed by atoms with Crippen molar-refractivity contribution in [3.05, 3.63) is 48.0 Å². The Morgan fingerprint density at radius 3 is 2.11 bits per heavy atom. The quantitative estimate of drug-likeness (QED) is 0.761. The zero-order valence-corrected chi connectivity index (χ0v) is 10.7. The monoisotopic (exact) mass is 243 g/mol. The largest absolute Gasteiger partial charge is 0.270 e. The second-order valence-corrected chi connectivity index (χ2v) is 5.14. The summed E-state index contributed by atoms with van der Waals surface area (Å²) in [4.78, 5) is 24.7. The minimum Gasteiger partial charge on any atom is -0.270 e. The molecule has 0 spiro atoms. The van der Waals surface area contributed by atoms with Crippen LogP contribution in [0.25, 0.3) is 0 Å². The molecule has 0 bridgehead atoms. The van der Waals surface area contributed by atoms with E-state index < -0.39 is 5.54 Å². The van der Waals surface area contributed by atoms with E-state index in [1.165, 1.54) is 22.6 Å². The molecule has 2 amide bonds. The van der Waals surface area contributed by atoms with E-state index in [9.17, 15) is 9.59 Å². The molecule has 0 N–H and O–H groups in total. The Labute approximate surface area is 107 Å². The van der Waals surface area contributed by atoms with Gasteiger partial charge in [-0.1, -0.05) is 30.3 Å². The fourth-order valence-electron chi connectivity index (χ4n) is 2.20. The van der Waals surface area contributed by atoms with E-state index in [1.807, 2.05) is 32.0 Å². The van der Waals surface area contributed by atoms with Crippen LogP contribution in [-0.4, -0.2) is 22.3 Å². The number of imide groups is 1. The third kappa shape index (κ3) is 2.50. The first-order valence-electron chi connectivity index (χ1n) is 6.11. The highest BCUT2D eigenvalue weighted by Gasteiger charge is 2.36. The van der Waals surface area contributed by atoms with Crippen molar-refractivity contribution in [2.75, 3.05) is 0 Å². The third-order valence-electron chi connectivity index (χ3n) is 3.28. The summed E-state index contributed by atoms with van der Waals surface area (Å²) in [5.41, 5.74) is 0.769. The molecular weight excluding hydrogens is 226 g/mol. The number of nitrogens with zero attached hydrogens (tertiary/aromatic N) is 1. The molecule has 0 atom stereocenters. The summed E-state index contributed by atoms with van der Waals surface area (Å²) in [7, 11) is 0. The Morgan fingerprint density at radius 1 is 1.00 bits per heavy atom. The van der Waals surface area contributed by atoms with Crippen molar-refractivity contribution in [2.45, 2.75) is 32.2 Å². The second-order valence-electron chi connectivity index (χ2n) is 5.14. The number of benzene rings is 1. The lowest BCUT2D eigenvalue weighted by Gasteiger charge is -2.34. The van der Waals surface area contributed by atoms with Crippen LogP contribution in [-0.2, 0) is 16.0 Å². The van der Waals surface area contributed by atoms with Gasteiger partial charge < -0.3 is 0 Å². The van der Waals surface area contributed by atoms with Crippen molar-refractivity contribution in [2.24, 2.45) is 0 Å². The van der Waals surface area contributed by atoms with Gasteiger partial charge in [-0.15, -0.1) is 0 Å². The van der Waals surface area contributed by atoms with E-state index in [4.69, 9.17) is 0 Å². The van der Waals surface area contributed by atoms with Crippen LogP contribution < -0.4 is 0 Å². The van der Waals surface area contributed by atoms with E-state index in [0.29, 0.717) is 0 Å². The van der Waals surface area contributed by atoms with Crippen molar-refractivity contribution in [1.82, 2.24) is 4.90 Å². The molecule has 1 aliphatic rings. The Morgan fingerprint density at radius 2 is 1.56 bits per heavy atom. The van der Waals surface area contributed by atoms with E-state index >= 15 is 0 Å². The molecule has 1 aromatic rings. The molecule has 94 valence electrons. The fraction of sp³-hybridized carbons (Fsp3) is 0.333. The Bertz CT molecular complexity index is 470. The molecular formula is C15H17NO2. The summed E-state index contributed by atoms with van der Waals surface area (Å²) in [5.74, 6) is -0.420. The van der Waals surface area contributed by atoms with E-state index in [2.05, 4.69) is 12.1 Å². The van der Waals surface area contributed by atoms with Gasteiger partial charge in [0.05, 0.1) is 0 Å². The molecule has 3 heteroatoms. The first kappa shape index (κ1) is 12.6. The van der Waals surface area contributed by atoms with Crippen LogP contribution in [0.2, 0.25) is 0 Å². The number of carbonyl (C=O) groups is 2. The molecule has 3 nitrogen and oxygen atoms in total. The van der Waals surface area contributed by atoms with Gasteiger partial charge in [0.25, 0.3) is 11.8 Å². The Kier molecular flexibility index (Phi) is 3.32. The van der Waals surface area contributed by atoms with Crippen molar-refractivity contribution in [1.29, 1.82) is 0 Å². The van der Waals surface area contributed by atoms with E-state index in [-0.39, 0.29) is 11.8 Å². The van der Waals surface area contributed by atoms with Crippen LogP contribution in [0.4, 0.5) is 0 Å². The highest BCUT2D eigenvalue weighted by Crippen LogP contribution is 2.24. The zero-order chi connectivity index (χ0) is 13.2. The third-order valence-corrected chi connectivity index (χ3v) is 3.28. The summed E-state index contributed by atoms with van der Waals surface area (Å²) >= 11 is 0. The number of carbonyl (C=O) groups excluding carboxylic acids is 2. The van der Waals surface area contributed by atoms with Crippen LogP contribution >= 0.6 is 0 Å². The minimum atomic E-state index is -0.451. The van der Waals surface area contributed by atoms with Crippen LogP contribution in [0.5, 0.6) is 0 Å².